The van der Waals surface area contributed by atoms with Crippen LogP contribution < -0.4 is 11.1 Å². The van der Waals surface area contributed by atoms with Crippen LogP contribution in [0.25, 0.3) is 0 Å². The lowest BCUT2D eigenvalue weighted by atomic mass is 9.93. The first-order valence-corrected chi connectivity index (χ1v) is 4.66. The predicted molar refractivity (Wildman–Crippen MR) is 55.5 cm³/mol. The van der Waals surface area contributed by atoms with Crippen molar-refractivity contribution in [3.05, 3.63) is 24.0 Å². The van der Waals surface area contributed by atoms with Crippen molar-refractivity contribution in [2.24, 2.45) is 11.1 Å². The molecule has 0 radical (unpaired) electrons. The summed E-state index contributed by atoms with van der Waals surface area (Å²) in [7, 11) is 0. The molecule has 0 fully saturated rings. The minimum atomic E-state index is -0.490. The van der Waals surface area contributed by atoms with E-state index in [2.05, 4.69) is 10.3 Å². The number of carbonyl (C=O) groups is 1. The topological polar surface area (TPSA) is 70.9 Å². The van der Waals surface area contributed by atoms with Gasteiger partial charge in [0.05, 0.1) is 5.41 Å². The van der Waals surface area contributed by atoms with Crippen molar-refractivity contribution in [2.45, 2.75) is 20.4 Å². The van der Waals surface area contributed by atoms with E-state index in [1.807, 2.05) is 32.3 Å². The van der Waals surface area contributed by atoms with Crippen molar-refractivity contribution >= 4 is 5.91 Å². The minimum absolute atomic E-state index is 0.0128. The van der Waals surface area contributed by atoms with E-state index < -0.39 is 5.41 Å². The molecule has 0 aliphatic rings. The fourth-order valence-corrected chi connectivity index (χ4v) is 0.983. The number of nitrogens with one attached hydrogen (secondary N) is 2. The van der Waals surface area contributed by atoms with Crippen LogP contribution in [0.3, 0.4) is 0 Å². The van der Waals surface area contributed by atoms with Gasteiger partial charge >= 0.3 is 0 Å². The number of carbonyl (C=O) groups excluding carboxylic acids is 1. The molecule has 14 heavy (non-hydrogen) atoms. The summed E-state index contributed by atoms with van der Waals surface area (Å²) in [6, 6.07) is 1.93. The Balaban J connectivity index is 2.43. The molecule has 78 valence electrons. The first kappa shape index (κ1) is 10.8. The molecule has 1 rings (SSSR count). The maximum atomic E-state index is 11.6. The molecule has 0 unspecified atom stereocenters. The number of H-pyrrole nitrogens is 1. The van der Waals surface area contributed by atoms with E-state index >= 15 is 0 Å². The molecule has 0 aromatic carbocycles. The Bertz CT molecular complexity index is 290. The van der Waals surface area contributed by atoms with Crippen molar-refractivity contribution in [2.75, 3.05) is 6.54 Å². The quantitative estimate of drug-likeness (QED) is 0.659. The summed E-state index contributed by atoms with van der Waals surface area (Å²) in [5.74, 6) is -0.0128. The Morgan fingerprint density at radius 2 is 2.36 bits per heavy atom. The van der Waals surface area contributed by atoms with Gasteiger partial charge in [-0.05, 0) is 25.5 Å². The van der Waals surface area contributed by atoms with Gasteiger partial charge in [0, 0.05) is 25.5 Å². The fraction of sp³-hybridized carbons (Fsp3) is 0.500. The number of aromatic amines is 1. The molecule has 0 spiro atoms. The molecule has 0 aliphatic carbocycles. The van der Waals surface area contributed by atoms with Crippen LogP contribution in [0.1, 0.15) is 19.4 Å². The summed E-state index contributed by atoms with van der Waals surface area (Å²) in [5.41, 5.74) is 6.06. The van der Waals surface area contributed by atoms with Crippen LogP contribution in [0.2, 0.25) is 0 Å². The molecule has 4 N–H and O–H groups in total. The average molecular weight is 195 g/mol. The van der Waals surface area contributed by atoms with Crippen LogP contribution in [-0.2, 0) is 11.3 Å². The van der Waals surface area contributed by atoms with E-state index in [0.717, 1.165) is 5.56 Å². The molecule has 1 amide bonds. The summed E-state index contributed by atoms with van der Waals surface area (Å²) < 4.78 is 0. The molecule has 0 aliphatic heterocycles. The van der Waals surface area contributed by atoms with E-state index in [1.165, 1.54) is 0 Å². The fourth-order valence-electron chi connectivity index (χ4n) is 0.983. The highest BCUT2D eigenvalue weighted by atomic mass is 16.2. The van der Waals surface area contributed by atoms with E-state index in [-0.39, 0.29) is 5.91 Å². The van der Waals surface area contributed by atoms with Crippen molar-refractivity contribution in [1.82, 2.24) is 10.3 Å². The first-order chi connectivity index (χ1) is 6.56. The third kappa shape index (κ3) is 2.60. The summed E-state index contributed by atoms with van der Waals surface area (Å²) in [6.07, 6.45) is 3.69. The van der Waals surface area contributed by atoms with E-state index in [9.17, 15) is 4.79 Å². The van der Waals surface area contributed by atoms with Crippen LogP contribution in [0.4, 0.5) is 0 Å². The van der Waals surface area contributed by atoms with Gasteiger partial charge in [-0.1, -0.05) is 0 Å². The van der Waals surface area contributed by atoms with Gasteiger partial charge in [-0.25, -0.2) is 0 Å². The summed E-state index contributed by atoms with van der Waals surface area (Å²) in [6.45, 7) is 4.57. The first-order valence-electron chi connectivity index (χ1n) is 4.66. The molecule has 4 nitrogen and oxygen atoms in total. The monoisotopic (exact) mass is 195 g/mol. The molecular weight excluding hydrogens is 178 g/mol. The molecule has 4 heteroatoms. The maximum Gasteiger partial charge on any atom is 0.227 e. The highest BCUT2D eigenvalue weighted by Crippen LogP contribution is 2.12. The lowest BCUT2D eigenvalue weighted by Gasteiger charge is -2.20. The van der Waals surface area contributed by atoms with Gasteiger partial charge in [0.2, 0.25) is 5.91 Å². The van der Waals surface area contributed by atoms with Gasteiger partial charge in [-0.15, -0.1) is 0 Å². The van der Waals surface area contributed by atoms with Crippen LogP contribution in [-0.4, -0.2) is 17.4 Å². The molecule has 1 heterocycles. The zero-order chi connectivity index (χ0) is 10.6. The Hall–Kier alpha value is -1.29. The summed E-state index contributed by atoms with van der Waals surface area (Å²) in [5, 5.41) is 2.84. The average Bonchev–Trinajstić information content (AvgIpc) is 2.66. The third-order valence-corrected chi connectivity index (χ3v) is 2.24. The molecule has 0 bridgehead atoms. The van der Waals surface area contributed by atoms with Crippen LogP contribution >= 0.6 is 0 Å². The van der Waals surface area contributed by atoms with E-state index in [0.29, 0.717) is 13.1 Å². The Labute approximate surface area is 83.9 Å². The van der Waals surface area contributed by atoms with Gasteiger partial charge in [-0.3, -0.25) is 4.79 Å². The Kier molecular flexibility index (Phi) is 3.30. The van der Waals surface area contributed by atoms with E-state index in [1.54, 1.807) is 0 Å². The normalized spacial score (nSPS) is 11.4. The second kappa shape index (κ2) is 4.28. The molecule has 0 atom stereocenters. The molecule has 1 aromatic rings. The minimum Gasteiger partial charge on any atom is -0.367 e. The van der Waals surface area contributed by atoms with Crippen LogP contribution in [0, 0.1) is 5.41 Å². The molecule has 1 aromatic heterocycles. The van der Waals surface area contributed by atoms with Crippen molar-refractivity contribution in [1.29, 1.82) is 0 Å². The van der Waals surface area contributed by atoms with Crippen molar-refractivity contribution in [3.63, 3.8) is 0 Å². The van der Waals surface area contributed by atoms with Gasteiger partial charge < -0.3 is 16.0 Å². The van der Waals surface area contributed by atoms with Crippen LogP contribution in [0.15, 0.2) is 18.5 Å². The number of rotatable bonds is 4. The predicted octanol–water partition coefficient (Wildman–Crippen LogP) is 0.616. The summed E-state index contributed by atoms with van der Waals surface area (Å²) in [4.78, 5) is 14.5. The lowest BCUT2D eigenvalue weighted by molar-refractivity contribution is -0.129. The number of hydrogen-bond donors (Lipinski definition) is 3. The number of amides is 1. The van der Waals surface area contributed by atoms with Crippen molar-refractivity contribution < 1.29 is 4.79 Å². The summed E-state index contributed by atoms with van der Waals surface area (Å²) >= 11 is 0. The smallest absolute Gasteiger partial charge is 0.227 e. The number of nitrogens with two attached hydrogens (primary N) is 1. The van der Waals surface area contributed by atoms with Gasteiger partial charge in [0.25, 0.3) is 0 Å². The molecule has 0 saturated heterocycles. The van der Waals surface area contributed by atoms with Gasteiger partial charge in [-0.2, -0.15) is 0 Å². The highest BCUT2D eigenvalue weighted by Gasteiger charge is 2.25. The Morgan fingerprint density at radius 1 is 1.64 bits per heavy atom. The second-order valence-electron chi connectivity index (χ2n) is 3.99. The number of aromatic nitrogens is 1. The Morgan fingerprint density at radius 3 is 2.86 bits per heavy atom. The van der Waals surface area contributed by atoms with Crippen molar-refractivity contribution in [3.8, 4) is 0 Å². The molecule has 0 saturated carbocycles. The van der Waals surface area contributed by atoms with Gasteiger partial charge in [0.15, 0.2) is 0 Å². The SMILES string of the molecule is CC(C)(CN)C(=O)NCc1cc[nH]c1. The zero-order valence-corrected chi connectivity index (χ0v) is 8.63. The standard InChI is InChI=1S/C10H17N3O/c1-10(2,7-11)9(14)13-6-8-3-4-12-5-8/h3-5,12H,6-7,11H2,1-2H3,(H,13,14). The molecular formula is C10H17N3O. The maximum absolute atomic E-state index is 11.6. The largest absolute Gasteiger partial charge is 0.367 e. The third-order valence-electron chi connectivity index (χ3n) is 2.24. The lowest BCUT2D eigenvalue weighted by Crippen LogP contribution is -2.41. The number of hydrogen-bond acceptors (Lipinski definition) is 2. The van der Waals surface area contributed by atoms with E-state index in [4.69, 9.17) is 5.73 Å². The second-order valence-corrected chi connectivity index (χ2v) is 3.99. The van der Waals surface area contributed by atoms with Crippen LogP contribution in [0.5, 0.6) is 0 Å². The van der Waals surface area contributed by atoms with Gasteiger partial charge in [0.1, 0.15) is 0 Å². The zero-order valence-electron chi connectivity index (χ0n) is 8.63. The highest BCUT2D eigenvalue weighted by molar-refractivity contribution is 5.81.